The third kappa shape index (κ3) is 3.69. The maximum atomic E-state index is 12.5. The molecule has 1 atom stereocenters. The monoisotopic (exact) mass is 290 g/mol. The number of nitrogens with zero attached hydrogens (tertiary/aromatic N) is 2. The second-order valence-electron chi connectivity index (χ2n) is 7.00. The first kappa shape index (κ1) is 16.1. The molecule has 1 aliphatic rings. The number of likely N-dealkylation sites (N-methyl/N-ethyl adjacent to an activating group) is 1. The summed E-state index contributed by atoms with van der Waals surface area (Å²) in [6, 6.07) is 4.06. The SMILES string of the molecule is CN(CCc1ccncc1)CC1C(=O)C(C)(C)OC1(C)C. The maximum Gasteiger partial charge on any atom is 0.171 e. The van der Waals surface area contributed by atoms with Crippen LogP contribution in [-0.2, 0) is 16.0 Å². The van der Waals surface area contributed by atoms with Crippen molar-refractivity contribution in [1.29, 1.82) is 0 Å². The van der Waals surface area contributed by atoms with E-state index in [1.54, 1.807) is 0 Å². The fourth-order valence-corrected chi connectivity index (χ4v) is 3.09. The van der Waals surface area contributed by atoms with E-state index in [9.17, 15) is 4.79 Å². The minimum Gasteiger partial charge on any atom is -0.361 e. The number of ketones is 1. The Hall–Kier alpha value is -1.26. The third-order valence-corrected chi connectivity index (χ3v) is 4.29. The number of aromatic nitrogens is 1. The van der Waals surface area contributed by atoms with Gasteiger partial charge in [-0.1, -0.05) is 0 Å². The number of carbonyl (C=O) groups excluding carboxylic acids is 1. The molecule has 21 heavy (non-hydrogen) atoms. The standard InChI is InChI=1S/C17H26N2O2/c1-16(2)14(15(20)17(3,4)21-16)12-19(5)11-8-13-6-9-18-10-7-13/h6-7,9-10,14H,8,11-12H2,1-5H3. The molecule has 0 radical (unpaired) electrons. The Kier molecular flexibility index (Phi) is 4.49. The molecule has 116 valence electrons. The Morgan fingerprint density at radius 3 is 2.38 bits per heavy atom. The number of carbonyl (C=O) groups is 1. The highest BCUT2D eigenvalue weighted by Gasteiger charge is 2.53. The van der Waals surface area contributed by atoms with Gasteiger partial charge < -0.3 is 9.64 Å². The van der Waals surface area contributed by atoms with Gasteiger partial charge in [0.1, 0.15) is 5.60 Å². The first-order valence-corrected chi connectivity index (χ1v) is 7.54. The van der Waals surface area contributed by atoms with Crippen molar-refractivity contribution in [3.8, 4) is 0 Å². The second kappa shape index (κ2) is 5.85. The summed E-state index contributed by atoms with van der Waals surface area (Å²) in [6.07, 6.45) is 4.59. The predicted molar refractivity (Wildman–Crippen MR) is 83.2 cm³/mol. The minimum atomic E-state index is -0.667. The molecule has 0 bridgehead atoms. The van der Waals surface area contributed by atoms with E-state index in [1.807, 2.05) is 52.2 Å². The molecule has 2 rings (SSSR count). The smallest absolute Gasteiger partial charge is 0.171 e. The lowest BCUT2D eigenvalue weighted by atomic mass is 9.85. The van der Waals surface area contributed by atoms with Gasteiger partial charge in [0.05, 0.1) is 11.5 Å². The van der Waals surface area contributed by atoms with Crippen LogP contribution in [-0.4, -0.2) is 47.0 Å². The molecular formula is C17H26N2O2. The molecule has 0 N–H and O–H groups in total. The van der Waals surface area contributed by atoms with Gasteiger partial charge in [-0.2, -0.15) is 0 Å². The highest BCUT2D eigenvalue weighted by atomic mass is 16.5. The maximum absolute atomic E-state index is 12.5. The number of pyridine rings is 1. The number of hydrogen-bond acceptors (Lipinski definition) is 4. The largest absolute Gasteiger partial charge is 0.361 e. The van der Waals surface area contributed by atoms with Crippen LogP contribution in [0.15, 0.2) is 24.5 Å². The van der Waals surface area contributed by atoms with Gasteiger partial charge in [-0.05, 0) is 58.9 Å². The lowest BCUT2D eigenvalue weighted by molar-refractivity contribution is -0.132. The first-order valence-electron chi connectivity index (χ1n) is 7.54. The number of Topliss-reactive ketones (excluding diaryl/α,β-unsaturated/α-hetero) is 1. The van der Waals surface area contributed by atoms with Crippen molar-refractivity contribution >= 4 is 5.78 Å². The zero-order valence-corrected chi connectivity index (χ0v) is 13.7. The van der Waals surface area contributed by atoms with Gasteiger partial charge in [-0.3, -0.25) is 9.78 Å². The Morgan fingerprint density at radius 2 is 1.86 bits per heavy atom. The van der Waals surface area contributed by atoms with Gasteiger partial charge >= 0.3 is 0 Å². The number of ether oxygens (including phenoxy) is 1. The van der Waals surface area contributed by atoms with Crippen LogP contribution in [0.5, 0.6) is 0 Å². The van der Waals surface area contributed by atoms with Crippen molar-refractivity contribution in [2.24, 2.45) is 5.92 Å². The van der Waals surface area contributed by atoms with Crippen LogP contribution in [0.4, 0.5) is 0 Å². The van der Waals surface area contributed by atoms with E-state index in [1.165, 1.54) is 5.56 Å². The van der Waals surface area contributed by atoms with Crippen molar-refractivity contribution < 1.29 is 9.53 Å². The van der Waals surface area contributed by atoms with Gasteiger partial charge in [0.2, 0.25) is 0 Å². The van der Waals surface area contributed by atoms with Crippen molar-refractivity contribution in [3.63, 3.8) is 0 Å². The van der Waals surface area contributed by atoms with E-state index in [0.29, 0.717) is 0 Å². The molecule has 2 heterocycles. The Bertz CT molecular complexity index is 497. The molecule has 1 aromatic heterocycles. The molecule has 0 saturated carbocycles. The summed E-state index contributed by atoms with van der Waals surface area (Å²) in [4.78, 5) is 18.7. The average Bonchev–Trinajstić information content (AvgIpc) is 2.56. The molecule has 4 heteroatoms. The first-order chi connectivity index (χ1) is 9.72. The van der Waals surface area contributed by atoms with Gasteiger partial charge in [0.25, 0.3) is 0 Å². The van der Waals surface area contributed by atoms with Gasteiger partial charge in [-0.15, -0.1) is 0 Å². The van der Waals surface area contributed by atoms with Crippen molar-refractivity contribution in [3.05, 3.63) is 30.1 Å². The molecule has 1 aromatic rings. The lowest BCUT2D eigenvalue weighted by Crippen LogP contribution is -2.40. The second-order valence-corrected chi connectivity index (χ2v) is 7.00. The Labute approximate surface area is 127 Å². The summed E-state index contributed by atoms with van der Waals surface area (Å²) in [7, 11) is 2.07. The van der Waals surface area contributed by atoms with E-state index < -0.39 is 11.2 Å². The number of rotatable bonds is 5. The van der Waals surface area contributed by atoms with Crippen LogP contribution in [0, 0.1) is 5.92 Å². The highest BCUT2D eigenvalue weighted by molar-refractivity contribution is 5.91. The van der Waals surface area contributed by atoms with E-state index in [0.717, 1.165) is 19.5 Å². The Morgan fingerprint density at radius 1 is 1.24 bits per heavy atom. The fourth-order valence-electron chi connectivity index (χ4n) is 3.09. The molecule has 4 nitrogen and oxygen atoms in total. The summed E-state index contributed by atoms with van der Waals surface area (Å²) in [6.45, 7) is 9.43. The molecule has 1 aliphatic heterocycles. The van der Waals surface area contributed by atoms with Crippen LogP contribution in [0.2, 0.25) is 0 Å². The average molecular weight is 290 g/mol. The van der Waals surface area contributed by atoms with Crippen LogP contribution < -0.4 is 0 Å². The molecule has 0 aliphatic carbocycles. The molecule has 1 saturated heterocycles. The quantitative estimate of drug-likeness (QED) is 0.834. The van der Waals surface area contributed by atoms with Gasteiger partial charge in [0.15, 0.2) is 5.78 Å². The molecule has 0 amide bonds. The zero-order chi connectivity index (χ0) is 15.7. The molecular weight excluding hydrogens is 264 g/mol. The molecule has 0 aromatic carbocycles. The summed E-state index contributed by atoms with van der Waals surface area (Å²) in [5.74, 6) is 0.137. The van der Waals surface area contributed by atoms with E-state index in [4.69, 9.17) is 4.74 Å². The third-order valence-electron chi connectivity index (χ3n) is 4.29. The van der Waals surface area contributed by atoms with Crippen LogP contribution in [0.1, 0.15) is 33.3 Å². The minimum absolute atomic E-state index is 0.0741. The fraction of sp³-hybridized carbons (Fsp3) is 0.647. The van der Waals surface area contributed by atoms with Crippen LogP contribution >= 0.6 is 0 Å². The molecule has 0 spiro atoms. The van der Waals surface area contributed by atoms with Gasteiger partial charge in [-0.25, -0.2) is 0 Å². The van der Waals surface area contributed by atoms with Crippen molar-refractivity contribution in [2.75, 3.05) is 20.1 Å². The summed E-state index contributed by atoms with van der Waals surface area (Å²) < 4.78 is 5.94. The van der Waals surface area contributed by atoms with Crippen LogP contribution in [0.3, 0.4) is 0 Å². The predicted octanol–water partition coefficient (Wildman–Crippen LogP) is 2.33. The van der Waals surface area contributed by atoms with E-state index in [-0.39, 0.29) is 11.7 Å². The summed E-state index contributed by atoms with van der Waals surface area (Å²) in [5.41, 5.74) is 0.205. The highest BCUT2D eigenvalue weighted by Crippen LogP contribution is 2.39. The lowest BCUT2D eigenvalue weighted by Gasteiger charge is -2.28. The normalized spacial score (nSPS) is 23.7. The van der Waals surface area contributed by atoms with E-state index in [2.05, 4.69) is 16.9 Å². The Balaban J connectivity index is 1.93. The number of hydrogen-bond donors (Lipinski definition) is 0. The molecule has 1 fully saturated rings. The van der Waals surface area contributed by atoms with Crippen LogP contribution in [0.25, 0.3) is 0 Å². The van der Waals surface area contributed by atoms with E-state index >= 15 is 0 Å². The van der Waals surface area contributed by atoms with Gasteiger partial charge in [0, 0.05) is 25.5 Å². The van der Waals surface area contributed by atoms with Crippen molar-refractivity contribution in [2.45, 2.75) is 45.3 Å². The topological polar surface area (TPSA) is 42.4 Å². The summed E-state index contributed by atoms with van der Waals surface area (Å²) in [5, 5.41) is 0. The molecule has 1 unspecified atom stereocenters. The summed E-state index contributed by atoms with van der Waals surface area (Å²) >= 11 is 0. The zero-order valence-electron chi connectivity index (χ0n) is 13.7. The van der Waals surface area contributed by atoms with Crippen molar-refractivity contribution in [1.82, 2.24) is 9.88 Å².